The van der Waals surface area contributed by atoms with Crippen LogP contribution in [0.2, 0.25) is 0 Å². The molecule has 2 unspecified atom stereocenters. The van der Waals surface area contributed by atoms with Gasteiger partial charge in [-0.05, 0) is 70.9 Å². The molecule has 0 aromatic rings. The van der Waals surface area contributed by atoms with E-state index in [1.54, 1.807) is 0 Å². The number of hydrogen-bond acceptors (Lipinski definition) is 2. The molecule has 0 amide bonds. The van der Waals surface area contributed by atoms with Crippen LogP contribution in [0.4, 0.5) is 0 Å². The predicted octanol–water partition coefficient (Wildman–Crippen LogP) is 2.78. The fraction of sp³-hybridized carbons (Fsp3) is 1.00. The topological polar surface area (TPSA) is 15.3 Å². The molecule has 2 atom stereocenters. The smallest absolute Gasteiger partial charge is 0.0126 e. The highest BCUT2D eigenvalue weighted by molar-refractivity contribution is 4.93. The van der Waals surface area contributed by atoms with Crippen molar-refractivity contribution in [3.63, 3.8) is 0 Å². The number of nitrogens with zero attached hydrogens (tertiary/aromatic N) is 1. The van der Waals surface area contributed by atoms with Crippen LogP contribution in [0.15, 0.2) is 0 Å². The van der Waals surface area contributed by atoms with Crippen molar-refractivity contribution in [2.45, 2.75) is 75.9 Å². The molecular weight excluding hydrogens is 208 g/mol. The van der Waals surface area contributed by atoms with Gasteiger partial charge in [-0.1, -0.05) is 6.42 Å². The number of likely N-dealkylation sites (tertiary alicyclic amines) is 1. The summed E-state index contributed by atoms with van der Waals surface area (Å²) in [5.74, 6) is 1.06. The first kappa shape index (κ1) is 12.0. The summed E-state index contributed by atoms with van der Waals surface area (Å²) in [4.78, 5) is 2.92. The average Bonchev–Trinajstić information content (AvgIpc) is 2.87. The van der Waals surface area contributed by atoms with Crippen LogP contribution in [-0.4, -0.2) is 36.6 Å². The SMILES string of the molecule is CNC1CCC(N2CCCC3CCCC32)CC1. The van der Waals surface area contributed by atoms with Gasteiger partial charge >= 0.3 is 0 Å². The van der Waals surface area contributed by atoms with E-state index in [1.165, 1.54) is 64.3 Å². The van der Waals surface area contributed by atoms with E-state index in [-0.39, 0.29) is 0 Å². The molecule has 1 saturated heterocycles. The van der Waals surface area contributed by atoms with Gasteiger partial charge in [0.05, 0.1) is 0 Å². The molecule has 2 nitrogen and oxygen atoms in total. The van der Waals surface area contributed by atoms with Crippen molar-refractivity contribution in [2.75, 3.05) is 13.6 Å². The van der Waals surface area contributed by atoms with Crippen LogP contribution in [0, 0.1) is 5.92 Å². The second kappa shape index (κ2) is 5.27. The van der Waals surface area contributed by atoms with Gasteiger partial charge in [0.25, 0.3) is 0 Å². The summed E-state index contributed by atoms with van der Waals surface area (Å²) in [7, 11) is 2.12. The van der Waals surface area contributed by atoms with Crippen molar-refractivity contribution in [3.8, 4) is 0 Å². The third kappa shape index (κ3) is 2.39. The second-order valence-electron chi connectivity index (χ2n) is 6.43. The van der Waals surface area contributed by atoms with E-state index in [4.69, 9.17) is 0 Å². The molecule has 3 fully saturated rings. The van der Waals surface area contributed by atoms with Gasteiger partial charge in [0, 0.05) is 18.1 Å². The van der Waals surface area contributed by atoms with Crippen LogP contribution >= 0.6 is 0 Å². The Balaban J connectivity index is 1.60. The summed E-state index contributed by atoms with van der Waals surface area (Å²) in [5.41, 5.74) is 0. The van der Waals surface area contributed by atoms with Crippen LogP contribution < -0.4 is 5.32 Å². The number of piperidine rings is 1. The number of fused-ring (bicyclic) bond motifs is 1. The molecule has 0 aromatic heterocycles. The minimum atomic E-state index is 0.801. The highest BCUT2D eigenvalue weighted by Gasteiger charge is 2.38. The van der Waals surface area contributed by atoms with Crippen LogP contribution in [-0.2, 0) is 0 Å². The van der Waals surface area contributed by atoms with Gasteiger partial charge in [-0.15, -0.1) is 0 Å². The fourth-order valence-electron chi connectivity index (χ4n) is 4.64. The standard InChI is InChI=1S/C15H28N2/c1-16-13-7-9-14(10-8-13)17-11-3-5-12-4-2-6-15(12)17/h12-16H,2-11H2,1H3. The van der Waals surface area contributed by atoms with Crippen molar-refractivity contribution in [2.24, 2.45) is 5.92 Å². The maximum atomic E-state index is 3.46. The Hall–Kier alpha value is -0.0800. The van der Waals surface area contributed by atoms with E-state index in [0.29, 0.717) is 0 Å². The monoisotopic (exact) mass is 236 g/mol. The van der Waals surface area contributed by atoms with Crippen molar-refractivity contribution < 1.29 is 0 Å². The molecule has 0 radical (unpaired) electrons. The van der Waals surface area contributed by atoms with Crippen LogP contribution in [0.1, 0.15) is 57.8 Å². The van der Waals surface area contributed by atoms with Crippen molar-refractivity contribution >= 4 is 0 Å². The first-order chi connectivity index (χ1) is 8.38. The quantitative estimate of drug-likeness (QED) is 0.793. The van der Waals surface area contributed by atoms with Gasteiger partial charge < -0.3 is 5.32 Å². The van der Waals surface area contributed by atoms with Crippen LogP contribution in [0.3, 0.4) is 0 Å². The molecule has 17 heavy (non-hydrogen) atoms. The first-order valence-corrected chi connectivity index (χ1v) is 7.81. The van der Waals surface area contributed by atoms with Gasteiger partial charge in [0.1, 0.15) is 0 Å². The van der Waals surface area contributed by atoms with Gasteiger partial charge in [-0.3, -0.25) is 4.90 Å². The van der Waals surface area contributed by atoms with Gasteiger partial charge in [0.15, 0.2) is 0 Å². The summed E-state index contributed by atoms with van der Waals surface area (Å²) >= 11 is 0. The molecule has 1 aliphatic heterocycles. The maximum absolute atomic E-state index is 3.46. The third-order valence-corrected chi connectivity index (χ3v) is 5.61. The van der Waals surface area contributed by atoms with Crippen molar-refractivity contribution in [1.29, 1.82) is 0 Å². The average molecular weight is 236 g/mol. The molecule has 1 N–H and O–H groups in total. The van der Waals surface area contributed by atoms with Crippen molar-refractivity contribution in [1.82, 2.24) is 10.2 Å². The molecule has 3 aliphatic rings. The summed E-state index contributed by atoms with van der Waals surface area (Å²) in [6, 6.07) is 2.70. The summed E-state index contributed by atoms with van der Waals surface area (Å²) in [5, 5.41) is 3.46. The first-order valence-electron chi connectivity index (χ1n) is 7.81. The lowest BCUT2D eigenvalue weighted by atomic mass is 9.85. The molecule has 2 heteroatoms. The highest BCUT2D eigenvalue weighted by atomic mass is 15.2. The summed E-state index contributed by atoms with van der Waals surface area (Å²) < 4.78 is 0. The zero-order valence-electron chi connectivity index (χ0n) is 11.3. The molecular formula is C15H28N2. The zero-order chi connectivity index (χ0) is 11.7. The molecule has 2 saturated carbocycles. The Labute approximate surface area is 106 Å². The van der Waals surface area contributed by atoms with Crippen LogP contribution in [0.5, 0.6) is 0 Å². The minimum Gasteiger partial charge on any atom is -0.317 e. The Kier molecular flexibility index (Phi) is 3.72. The second-order valence-corrected chi connectivity index (χ2v) is 6.43. The highest BCUT2D eigenvalue weighted by Crippen LogP contribution is 2.39. The Morgan fingerprint density at radius 2 is 1.65 bits per heavy atom. The van der Waals surface area contributed by atoms with Crippen LogP contribution in [0.25, 0.3) is 0 Å². The minimum absolute atomic E-state index is 0.801. The maximum Gasteiger partial charge on any atom is 0.0126 e. The Morgan fingerprint density at radius 3 is 2.41 bits per heavy atom. The molecule has 3 rings (SSSR count). The molecule has 1 heterocycles. The van der Waals surface area contributed by atoms with Crippen molar-refractivity contribution in [3.05, 3.63) is 0 Å². The van der Waals surface area contributed by atoms with E-state index < -0.39 is 0 Å². The summed E-state index contributed by atoms with van der Waals surface area (Å²) in [6.07, 6.45) is 13.2. The predicted molar refractivity (Wildman–Crippen MR) is 72.2 cm³/mol. The molecule has 98 valence electrons. The normalized spacial score (nSPS) is 43.6. The van der Waals surface area contributed by atoms with Gasteiger partial charge in [0.2, 0.25) is 0 Å². The van der Waals surface area contributed by atoms with E-state index in [9.17, 15) is 0 Å². The molecule has 0 aromatic carbocycles. The molecule has 2 aliphatic carbocycles. The largest absolute Gasteiger partial charge is 0.317 e. The van der Waals surface area contributed by atoms with Gasteiger partial charge in [-0.2, -0.15) is 0 Å². The van der Waals surface area contributed by atoms with E-state index in [2.05, 4.69) is 17.3 Å². The third-order valence-electron chi connectivity index (χ3n) is 5.61. The lowest BCUT2D eigenvalue weighted by molar-refractivity contribution is 0.0456. The summed E-state index contributed by atoms with van der Waals surface area (Å²) in [6.45, 7) is 1.40. The number of nitrogens with one attached hydrogen (secondary N) is 1. The number of hydrogen-bond donors (Lipinski definition) is 1. The van der Waals surface area contributed by atoms with E-state index in [0.717, 1.165) is 24.0 Å². The fourth-order valence-corrected chi connectivity index (χ4v) is 4.64. The zero-order valence-corrected chi connectivity index (χ0v) is 11.3. The Bertz CT molecular complexity index is 245. The lowest BCUT2D eigenvalue weighted by Gasteiger charge is -2.45. The van der Waals surface area contributed by atoms with E-state index in [1.807, 2.05) is 0 Å². The lowest BCUT2D eigenvalue weighted by Crippen LogP contribution is -2.50. The van der Waals surface area contributed by atoms with Gasteiger partial charge in [-0.25, -0.2) is 0 Å². The molecule has 0 spiro atoms. The van der Waals surface area contributed by atoms with E-state index >= 15 is 0 Å². The molecule has 0 bridgehead atoms. The number of rotatable bonds is 2. The Morgan fingerprint density at radius 1 is 0.882 bits per heavy atom.